The lowest BCUT2D eigenvalue weighted by Gasteiger charge is -2.36. The molecule has 2 rings (SSSR count). The van der Waals surface area contributed by atoms with Gasteiger partial charge in [-0.3, -0.25) is 4.99 Å². The molecule has 0 aliphatic carbocycles. The van der Waals surface area contributed by atoms with Crippen molar-refractivity contribution in [3.8, 4) is 0 Å². The van der Waals surface area contributed by atoms with E-state index in [4.69, 9.17) is 9.15 Å². The van der Waals surface area contributed by atoms with Crippen LogP contribution >= 0.6 is 11.8 Å². The van der Waals surface area contributed by atoms with Crippen molar-refractivity contribution in [2.45, 2.75) is 37.5 Å². The topological polar surface area (TPSA) is 58.8 Å². The first kappa shape index (κ1) is 17.2. The zero-order chi connectivity index (χ0) is 16.0. The average Bonchev–Trinajstić information content (AvgIpc) is 2.98. The quantitative estimate of drug-likeness (QED) is 0.644. The van der Waals surface area contributed by atoms with E-state index in [-0.39, 0.29) is 10.8 Å². The molecule has 0 spiro atoms. The van der Waals surface area contributed by atoms with Crippen LogP contribution in [0.15, 0.2) is 21.5 Å². The number of furan rings is 1. The second-order valence-electron chi connectivity index (χ2n) is 5.74. The molecule has 124 valence electrons. The Morgan fingerprint density at radius 2 is 2.14 bits per heavy atom. The summed E-state index contributed by atoms with van der Waals surface area (Å²) in [7, 11) is 1.80. The van der Waals surface area contributed by atoms with Crippen LogP contribution in [0.25, 0.3) is 0 Å². The van der Waals surface area contributed by atoms with E-state index in [2.05, 4.69) is 28.8 Å². The van der Waals surface area contributed by atoms with Gasteiger partial charge in [-0.25, -0.2) is 0 Å². The van der Waals surface area contributed by atoms with E-state index in [0.29, 0.717) is 0 Å². The number of hydrogen-bond acceptors (Lipinski definition) is 4. The van der Waals surface area contributed by atoms with Gasteiger partial charge in [-0.2, -0.15) is 11.8 Å². The van der Waals surface area contributed by atoms with Crippen LogP contribution in [-0.4, -0.2) is 43.8 Å². The summed E-state index contributed by atoms with van der Waals surface area (Å²) < 4.78 is 11.4. The number of rotatable bonds is 5. The summed E-state index contributed by atoms with van der Waals surface area (Å²) in [4.78, 5) is 4.32. The minimum absolute atomic E-state index is 0.0832. The molecule has 1 atom stereocenters. The first-order valence-corrected chi connectivity index (χ1v) is 8.97. The van der Waals surface area contributed by atoms with Crippen LogP contribution in [0.2, 0.25) is 0 Å². The molecule has 5 nitrogen and oxygen atoms in total. The number of aliphatic imine (C=N–C) groups is 1. The van der Waals surface area contributed by atoms with Gasteiger partial charge >= 0.3 is 0 Å². The predicted octanol–water partition coefficient (Wildman–Crippen LogP) is 2.73. The molecule has 1 aromatic heterocycles. The lowest BCUT2D eigenvalue weighted by Crippen LogP contribution is -2.48. The van der Waals surface area contributed by atoms with Crippen LogP contribution in [0.5, 0.6) is 0 Å². The van der Waals surface area contributed by atoms with E-state index in [1.54, 1.807) is 7.05 Å². The number of ether oxygens (including phenoxy) is 1. The maximum atomic E-state index is 5.66. The highest BCUT2D eigenvalue weighted by molar-refractivity contribution is 8.00. The van der Waals surface area contributed by atoms with Crippen molar-refractivity contribution in [3.05, 3.63) is 23.7 Å². The molecule has 2 N–H and O–H groups in total. The average molecular weight is 325 g/mol. The van der Waals surface area contributed by atoms with Crippen LogP contribution < -0.4 is 10.6 Å². The molecule has 0 aromatic carbocycles. The fourth-order valence-corrected chi connectivity index (χ4v) is 3.39. The Bertz CT molecular complexity index is 495. The van der Waals surface area contributed by atoms with E-state index in [9.17, 15) is 0 Å². The van der Waals surface area contributed by atoms with Gasteiger partial charge in [0.05, 0.1) is 6.04 Å². The van der Waals surface area contributed by atoms with E-state index >= 15 is 0 Å². The maximum Gasteiger partial charge on any atom is 0.191 e. The highest BCUT2D eigenvalue weighted by atomic mass is 32.2. The van der Waals surface area contributed by atoms with E-state index in [0.717, 1.165) is 50.1 Å². The van der Waals surface area contributed by atoms with Gasteiger partial charge in [0.25, 0.3) is 0 Å². The van der Waals surface area contributed by atoms with Gasteiger partial charge in [0.2, 0.25) is 0 Å². The van der Waals surface area contributed by atoms with E-state index in [1.165, 1.54) is 0 Å². The lowest BCUT2D eigenvalue weighted by atomic mass is 9.99. The second kappa shape index (κ2) is 7.92. The largest absolute Gasteiger partial charge is 0.464 e. The molecule has 1 saturated heterocycles. The van der Waals surface area contributed by atoms with Crippen molar-refractivity contribution in [2.75, 3.05) is 33.1 Å². The van der Waals surface area contributed by atoms with Crippen LogP contribution in [0.4, 0.5) is 0 Å². The third kappa shape index (κ3) is 4.43. The van der Waals surface area contributed by atoms with Gasteiger partial charge < -0.3 is 19.8 Å². The number of guanidine groups is 1. The molecule has 1 unspecified atom stereocenters. The lowest BCUT2D eigenvalue weighted by molar-refractivity contribution is 0.0782. The van der Waals surface area contributed by atoms with Crippen molar-refractivity contribution in [1.82, 2.24) is 10.6 Å². The first-order chi connectivity index (χ1) is 10.6. The van der Waals surface area contributed by atoms with Crippen LogP contribution in [-0.2, 0) is 4.74 Å². The van der Waals surface area contributed by atoms with Crippen LogP contribution in [0.3, 0.4) is 0 Å². The molecule has 1 aromatic rings. The van der Waals surface area contributed by atoms with Gasteiger partial charge in [-0.15, -0.1) is 0 Å². The molecular formula is C16H27N3O2S. The van der Waals surface area contributed by atoms with Crippen LogP contribution in [0, 0.1) is 6.92 Å². The van der Waals surface area contributed by atoms with Crippen molar-refractivity contribution in [3.63, 3.8) is 0 Å². The molecule has 0 saturated carbocycles. The molecule has 6 heteroatoms. The summed E-state index contributed by atoms with van der Waals surface area (Å²) in [5, 5.41) is 6.84. The minimum atomic E-state index is 0.0832. The monoisotopic (exact) mass is 325 g/mol. The summed E-state index contributed by atoms with van der Waals surface area (Å²) in [6.07, 6.45) is 4.33. The van der Waals surface area contributed by atoms with Gasteiger partial charge in [-0.05, 0) is 45.1 Å². The normalized spacial score (nSPS) is 19.7. The number of nitrogens with zero attached hydrogens (tertiary/aromatic N) is 1. The molecule has 1 aliphatic heterocycles. The van der Waals surface area contributed by atoms with Crippen molar-refractivity contribution >= 4 is 17.7 Å². The standard InChI is InChI=1S/C16H27N3O2S/c1-12-5-6-14(21-12)13(2)19-15(17-3)18-11-16(22-4)7-9-20-10-8-16/h5-6,13H,7-11H2,1-4H3,(H2,17,18,19). The SMILES string of the molecule is CN=C(NCC1(SC)CCOCC1)NC(C)c1ccc(C)o1. The van der Waals surface area contributed by atoms with Gasteiger partial charge in [0.1, 0.15) is 11.5 Å². The summed E-state index contributed by atoms with van der Waals surface area (Å²) in [6, 6.07) is 4.07. The Morgan fingerprint density at radius 3 is 2.68 bits per heavy atom. The second-order valence-corrected chi connectivity index (χ2v) is 7.01. The highest BCUT2D eigenvalue weighted by Gasteiger charge is 2.31. The predicted molar refractivity (Wildman–Crippen MR) is 92.7 cm³/mol. The third-order valence-electron chi connectivity index (χ3n) is 4.18. The fraction of sp³-hybridized carbons (Fsp3) is 0.688. The van der Waals surface area contributed by atoms with Crippen molar-refractivity contribution < 1.29 is 9.15 Å². The highest BCUT2D eigenvalue weighted by Crippen LogP contribution is 2.32. The molecule has 1 aliphatic rings. The fourth-order valence-electron chi connectivity index (χ4n) is 2.60. The van der Waals surface area contributed by atoms with Crippen molar-refractivity contribution in [2.24, 2.45) is 4.99 Å². The molecule has 0 amide bonds. The molecular weight excluding hydrogens is 298 g/mol. The Morgan fingerprint density at radius 1 is 1.41 bits per heavy atom. The smallest absolute Gasteiger partial charge is 0.191 e. The number of thioether (sulfide) groups is 1. The molecule has 0 bridgehead atoms. The molecule has 1 fully saturated rings. The Labute approximate surface area is 137 Å². The Balaban J connectivity index is 1.89. The maximum absolute atomic E-state index is 5.66. The van der Waals surface area contributed by atoms with E-state index < -0.39 is 0 Å². The number of nitrogens with one attached hydrogen (secondary N) is 2. The summed E-state index contributed by atoms with van der Waals surface area (Å²) in [5.41, 5.74) is 0. The first-order valence-electron chi connectivity index (χ1n) is 7.75. The van der Waals surface area contributed by atoms with Crippen LogP contribution in [0.1, 0.15) is 37.3 Å². The number of aryl methyl sites for hydroxylation is 1. The van der Waals surface area contributed by atoms with Gasteiger partial charge in [0, 0.05) is 31.6 Å². The third-order valence-corrected chi connectivity index (χ3v) is 5.60. The Hall–Kier alpha value is -1.14. The molecule has 22 heavy (non-hydrogen) atoms. The summed E-state index contributed by atoms with van der Waals surface area (Å²) >= 11 is 1.92. The molecule has 2 heterocycles. The van der Waals surface area contributed by atoms with Gasteiger partial charge in [-0.1, -0.05) is 0 Å². The zero-order valence-electron chi connectivity index (χ0n) is 13.9. The van der Waals surface area contributed by atoms with Crippen molar-refractivity contribution in [1.29, 1.82) is 0 Å². The molecule has 0 radical (unpaired) electrons. The van der Waals surface area contributed by atoms with E-state index in [1.807, 2.05) is 30.8 Å². The van der Waals surface area contributed by atoms with Gasteiger partial charge in [0.15, 0.2) is 5.96 Å². The summed E-state index contributed by atoms with van der Waals surface area (Å²) in [5.74, 6) is 2.66. The minimum Gasteiger partial charge on any atom is -0.464 e. The summed E-state index contributed by atoms with van der Waals surface area (Å²) in [6.45, 7) is 6.61. The number of hydrogen-bond donors (Lipinski definition) is 2. The Kier molecular flexibility index (Phi) is 6.20. The zero-order valence-corrected chi connectivity index (χ0v) is 14.8.